The summed E-state index contributed by atoms with van der Waals surface area (Å²) in [6, 6.07) is 13.2. The molecule has 2 aromatic carbocycles. The van der Waals surface area contributed by atoms with Crippen molar-refractivity contribution in [3.8, 4) is 17.2 Å². The van der Waals surface area contributed by atoms with E-state index in [1.54, 1.807) is 24.1 Å². The summed E-state index contributed by atoms with van der Waals surface area (Å²) in [7, 11) is 1.63. The van der Waals surface area contributed by atoms with Gasteiger partial charge in [0.25, 0.3) is 0 Å². The van der Waals surface area contributed by atoms with E-state index < -0.39 is 5.92 Å². The van der Waals surface area contributed by atoms with E-state index in [-0.39, 0.29) is 31.1 Å². The lowest BCUT2D eigenvalue weighted by Gasteiger charge is -2.28. The first kappa shape index (κ1) is 21.6. The van der Waals surface area contributed by atoms with Crippen LogP contribution in [0.2, 0.25) is 0 Å². The molecule has 3 aliphatic rings. The number of amides is 2. The van der Waals surface area contributed by atoms with Crippen LogP contribution in [0, 0.1) is 5.92 Å². The number of rotatable bonds is 7. The van der Waals surface area contributed by atoms with Gasteiger partial charge in [-0.2, -0.15) is 0 Å². The molecule has 2 atom stereocenters. The Morgan fingerprint density at radius 2 is 2.06 bits per heavy atom. The predicted octanol–water partition coefficient (Wildman–Crippen LogP) is 2.98. The molecule has 5 rings (SSSR count). The molecule has 8 nitrogen and oxygen atoms in total. The summed E-state index contributed by atoms with van der Waals surface area (Å²) < 4.78 is 22.0. The molecular weight excluding hydrogens is 424 g/mol. The van der Waals surface area contributed by atoms with Crippen LogP contribution in [0.5, 0.6) is 17.2 Å². The second-order valence-corrected chi connectivity index (χ2v) is 8.65. The van der Waals surface area contributed by atoms with Crippen LogP contribution in [-0.4, -0.2) is 56.4 Å². The molecule has 0 radical (unpaired) electrons. The lowest BCUT2D eigenvalue weighted by Crippen LogP contribution is -2.41. The normalized spacial score (nSPS) is 21.5. The second-order valence-electron chi connectivity index (χ2n) is 8.65. The summed E-state index contributed by atoms with van der Waals surface area (Å²) in [6.45, 7) is 2.22. The van der Waals surface area contributed by atoms with E-state index in [4.69, 9.17) is 18.9 Å². The molecule has 3 heterocycles. The molecule has 2 saturated heterocycles. The van der Waals surface area contributed by atoms with Crippen molar-refractivity contribution in [1.82, 2.24) is 4.90 Å². The Balaban J connectivity index is 1.32. The Hall–Kier alpha value is -3.26. The van der Waals surface area contributed by atoms with Crippen LogP contribution in [0.15, 0.2) is 42.5 Å². The van der Waals surface area contributed by atoms with Gasteiger partial charge in [-0.3, -0.25) is 9.59 Å². The van der Waals surface area contributed by atoms with Gasteiger partial charge in [-0.25, -0.2) is 0 Å². The van der Waals surface area contributed by atoms with Crippen LogP contribution in [0.1, 0.15) is 24.8 Å². The number of methoxy groups -OCH3 is 1. The molecule has 8 heteroatoms. The molecule has 0 aliphatic carbocycles. The van der Waals surface area contributed by atoms with E-state index in [1.165, 1.54) is 0 Å². The number of ether oxygens (including phenoxy) is 4. The van der Waals surface area contributed by atoms with Gasteiger partial charge in [-0.1, -0.05) is 12.1 Å². The minimum Gasteiger partial charge on any atom is -0.497 e. The maximum Gasteiger partial charge on any atom is 0.231 e. The van der Waals surface area contributed by atoms with Crippen molar-refractivity contribution in [3.05, 3.63) is 48.0 Å². The Morgan fingerprint density at radius 1 is 1.18 bits per heavy atom. The van der Waals surface area contributed by atoms with E-state index in [0.717, 1.165) is 36.4 Å². The second kappa shape index (κ2) is 9.31. The van der Waals surface area contributed by atoms with Crippen molar-refractivity contribution in [2.24, 2.45) is 5.92 Å². The maximum atomic E-state index is 13.6. The van der Waals surface area contributed by atoms with Crippen LogP contribution < -0.4 is 19.1 Å². The minimum absolute atomic E-state index is 0.0232. The van der Waals surface area contributed by atoms with E-state index >= 15 is 0 Å². The van der Waals surface area contributed by atoms with Gasteiger partial charge >= 0.3 is 0 Å². The fourth-order valence-corrected chi connectivity index (χ4v) is 4.69. The highest BCUT2D eigenvalue weighted by molar-refractivity contribution is 6.00. The van der Waals surface area contributed by atoms with Crippen molar-refractivity contribution in [2.75, 3.05) is 38.5 Å². The number of nitrogens with zero attached hydrogens (tertiary/aromatic N) is 2. The van der Waals surface area contributed by atoms with Gasteiger partial charge < -0.3 is 28.7 Å². The van der Waals surface area contributed by atoms with E-state index in [1.807, 2.05) is 35.2 Å². The van der Waals surface area contributed by atoms with E-state index in [9.17, 15) is 9.59 Å². The highest BCUT2D eigenvalue weighted by Gasteiger charge is 2.38. The average Bonchev–Trinajstić information content (AvgIpc) is 3.59. The molecular formula is C25H28N2O6. The van der Waals surface area contributed by atoms with E-state index in [2.05, 4.69) is 0 Å². The SMILES string of the molecule is COc1cccc(CN(CC2CCCO2)C(=O)C2CC(=O)N(c3ccc4c(c3)OCO4)C2)c1. The molecule has 2 aromatic rings. The van der Waals surface area contributed by atoms with Gasteiger partial charge in [-0.05, 0) is 42.7 Å². The lowest BCUT2D eigenvalue weighted by atomic mass is 10.1. The van der Waals surface area contributed by atoms with Gasteiger partial charge in [0.2, 0.25) is 18.6 Å². The van der Waals surface area contributed by atoms with Crippen molar-refractivity contribution in [3.63, 3.8) is 0 Å². The number of anilines is 1. The maximum absolute atomic E-state index is 13.6. The number of hydrogen-bond donors (Lipinski definition) is 0. The number of carbonyl (C=O) groups is 2. The summed E-state index contributed by atoms with van der Waals surface area (Å²) in [5.41, 5.74) is 1.70. The molecule has 0 bridgehead atoms. The summed E-state index contributed by atoms with van der Waals surface area (Å²) in [4.78, 5) is 30.0. The third-order valence-electron chi connectivity index (χ3n) is 6.41. The summed E-state index contributed by atoms with van der Waals surface area (Å²) in [5.74, 6) is 1.54. The fraction of sp³-hybridized carbons (Fsp3) is 0.440. The third kappa shape index (κ3) is 4.61. The van der Waals surface area contributed by atoms with Crippen molar-refractivity contribution in [2.45, 2.75) is 31.9 Å². The Bertz CT molecular complexity index is 1040. The standard InChI is InChI=1S/C25H28N2O6/c1-30-20-5-2-4-17(10-20)13-26(15-21-6-3-9-31-21)25(29)18-11-24(28)27(14-18)19-7-8-22-23(12-19)33-16-32-22/h2,4-5,7-8,10,12,18,21H,3,6,9,11,13-16H2,1H3. The number of carbonyl (C=O) groups excluding carboxylic acids is 2. The molecule has 2 fully saturated rings. The van der Waals surface area contributed by atoms with Crippen molar-refractivity contribution in [1.29, 1.82) is 0 Å². The molecule has 0 N–H and O–H groups in total. The van der Waals surface area contributed by atoms with Crippen molar-refractivity contribution >= 4 is 17.5 Å². The monoisotopic (exact) mass is 452 g/mol. The summed E-state index contributed by atoms with van der Waals surface area (Å²) in [6.07, 6.45) is 2.16. The van der Waals surface area contributed by atoms with Crippen LogP contribution in [-0.2, 0) is 20.9 Å². The van der Waals surface area contributed by atoms with Crippen LogP contribution in [0.4, 0.5) is 5.69 Å². The highest BCUT2D eigenvalue weighted by Crippen LogP contribution is 2.37. The van der Waals surface area contributed by atoms with Crippen molar-refractivity contribution < 1.29 is 28.5 Å². The minimum atomic E-state index is -0.407. The molecule has 2 unspecified atom stereocenters. The van der Waals surface area contributed by atoms with Crippen LogP contribution in [0.3, 0.4) is 0 Å². The molecule has 33 heavy (non-hydrogen) atoms. The quantitative estimate of drug-likeness (QED) is 0.643. The van der Waals surface area contributed by atoms with Gasteiger partial charge in [-0.15, -0.1) is 0 Å². The summed E-state index contributed by atoms with van der Waals surface area (Å²) >= 11 is 0. The van der Waals surface area contributed by atoms with Gasteiger partial charge in [0.15, 0.2) is 11.5 Å². The topological polar surface area (TPSA) is 77.5 Å². The fourth-order valence-electron chi connectivity index (χ4n) is 4.69. The Morgan fingerprint density at radius 3 is 2.88 bits per heavy atom. The zero-order valence-electron chi connectivity index (χ0n) is 18.7. The Labute approximate surface area is 193 Å². The molecule has 174 valence electrons. The molecule has 2 amide bonds. The van der Waals surface area contributed by atoms with Gasteiger partial charge in [0, 0.05) is 44.4 Å². The molecule has 0 aromatic heterocycles. The first-order valence-corrected chi connectivity index (χ1v) is 11.3. The highest BCUT2D eigenvalue weighted by atomic mass is 16.7. The third-order valence-corrected chi connectivity index (χ3v) is 6.41. The first-order valence-electron chi connectivity index (χ1n) is 11.3. The van der Waals surface area contributed by atoms with E-state index in [0.29, 0.717) is 31.1 Å². The predicted molar refractivity (Wildman–Crippen MR) is 120 cm³/mol. The number of benzene rings is 2. The van der Waals surface area contributed by atoms with Gasteiger partial charge in [0.1, 0.15) is 5.75 Å². The number of fused-ring (bicyclic) bond motifs is 1. The van der Waals surface area contributed by atoms with Crippen LogP contribution >= 0.6 is 0 Å². The number of hydrogen-bond acceptors (Lipinski definition) is 6. The largest absolute Gasteiger partial charge is 0.497 e. The first-order chi connectivity index (χ1) is 16.1. The smallest absolute Gasteiger partial charge is 0.231 e. The zero-order chi connectivity index (χ0) is 22.8. The average molecular weight is 453 g/mol. The molecule has 3 aliphatic heterocycles. The van der Waals surface area contributed by atoms with Crippen LogP contribution in [0.25, 0.3) is 0 Å². The molecule has 0 saturated carbocycles. The molecule has 0 spiro atoms. The lowest BCUT2D eigenvalue weighted by molar-refractivity contribution is -0.138. The zero-order valence-corrected chi connectivity index (χ0v) is 18.7. The summed E-state index contributed by atoms with van der Waals surface area (Å²) in [5, 5.41) is 0. The Kier molecular flexibility index (Phi) is 6.09. The van der Waals surface area contributed by atoms with Gasteiger partial charge in [0.05, 0.1) is 19.1 Å².